The van der Waals surface area contributed by atoms with Gasteiger partial charge in [-0.25, -0.2) is 4.98 Å². The second-order valence-corrected chi connectivity index (χ2v) is 5.07. The van der Waals surface area contributed by atoms with Gasteiger partial charge >= 0.3 is 0 Å². The average Bonchev–Trinajstić information content (AvgIpc) is 2.71. The Morgan fingerprint density at radius 1 is 1.54 bits per heavy atom. The number of hydrogen-bond acceptors (Lipinski definition) is 3. The minimum atomic E-state index is 0.361. The zero-order valence-electron chi connectivity index (χ0n) is 6.42. The van der Waals surface area contributed by atoms with Gasteiger partial charge in [0.2, 0.25) is 0 Å². The summed E-state index contributed by atoms with van der Waals surface area (Å²) in [6.07, 6.45) is 0. The fourth-order valence-electron chi connectivity index (χ4n) is 0.900. The zero-order chi connectivity index (χ0) is 9.26. The number of H-pyrrole nitrogens is 1. The molecule has 6 heteroatoms. The van der Waals surface area contributed by atoms with Crippen LogP contribution >= 0.6 is 38.9 Å². The molecular formula is C7H5BrClN3S. The maximum atomic E-state index is 5.59. The Kier molecular flexibility index (Phi) is 2.66. The van der Waals surface area contributed by atoms with E-state index in [0.29, 0.717) is 17.5 Å². The molecule has 0 atom stereocenters. The number of nitrogens with zero attached hydrogens (tertiary/aromatic N) is 2. The predicted molar refractivity (Wildman–Crippen MR) is 57.0 cm³/mol. The second-order valence-electron chi connectivity index (χ2n) is 2.34. The van der Waals surface area contributed by atoms with Crippen molar-refractivity contribution in [3.8, 4) is 10.7 Å². The highest BCUT2D eigenvalue weighted by Gasteiger charge is 2.06. The zero-order valence-corrected chi connectivity index (χ0v) is 9.58. The van der Waals surface area contributed by atoms with E-state index in [0.717, 1.165) is 8.66 Å². The maximum Gasteiger partial charge on any atom is 0.191 e. The smallest absolute Gasteiger partial charge is 0.191 e. The van der Waals surface area contributed by atoms with Crippen LogP contribution in [0.2, 0.25) is 0 Å². The number of aromatic amines is 1. The molecule has 1 N–H and O–H groups in total. The van der Waals surface area contributed by atoms with Crippen LogP contribution in [-0.4, -0.2) is 15.2 Å². The topological polar surface area (TPSA) is 41.6 Å². The molecule has 0 aliphatic rings. The summed E-state index contributed by atoms with van der Waals surface area (Å²) in [6, 6.07) is 3.94. The lowest BCUT2D eigenvalue weighted by atomic mass is 10.4. The third-order valence-electron chi connectivity index (χ3n) is 1.45. The summed E-state index contributed by atoms with van der Waals surface area (Å²) in [5.41, 5.74) is 0. The van der Waals surface area contributed by atoms with E-state index in [1.165, 1.54) is 0 Å². The lowest BCUT2D eigenvalue weighted by Gasteiger charge is -1.83. The number of hydrogen-bond donors (Lipinski definition) is 1. The van der Waals surface area contributed by atoms with Crippen molar-refractivity contribution >= 4 is 38.9 Å². The van der Waals surface area contributed by atoms with E-state index >= 15 is 0 Å². The molecule has 2 aromatic rings. The predicted octanol–water partition coefficient (Wildman–Crippen LogP) is 3.03. The van der Waals surface area contributed by atoms with E-state index in [1.807, 2.05) is 12.1 Å². The van der Waals surface area contributed by atoms with Crippen molar-refractivity contribution in [2.24, 2.45) is 0 Å². The van der Waals surface area contributed by atoms with Gasteiger partial charge in [-0.3, -0.25) is 5.10 Å². The van der Waals surface area contributed by atoms with Crippen LogP contribution in [0.4, 0.5) is 0 Å². The second kappa shape index (κ2) is 3.77. The highest BCUT2D eigenvalue weighted by atomic mass is 79.9. The number of rotatable bonds is 2. The van der Waals surface area contributed by atoms with Crippen molar-refractivity contribution in [2.75, 3.05) is 0 Å². The molecular weight excluding hydrogens is 274 g/mol. The monoisotopic (exact) mass is 277 g/mol. The number of halogens is 2. The molecule has 0 fully saturated rings. The third-order valence-corrected chi connectivity index (χ3v) is 3.32. The van der Waals surface area contributed by atoms with Crippen LogP contribution in [0.3, 0.4) is 0 Å². The van der Waals surface area contributed by atoms with Gasteiger partial charge in [0.25, 0.3) is 0 Å². The van der Waals surface area contributed by atoms with Gasteiger partial charge < -0.3 is 0 Å². The Bertz CT molecular complexity index is 411. The molecule has 13 heavy (non-hydrogen) atoms. The lowest BCUT2D eigenvalue weighted by Crippen LogP contribution is -1.78. The molecule has 2 aromatic heterocycles. The number of alkyl halides is 1. The standard InChI is InChI=1S/C7H5BrClN3S/c8-5-2-1-4(13-5)7-10-6(3-9)11-12-7/h1-2H,3H2,(H,10,11,12). The quantitative estimate of drug-likeness (QED) is 0.858. The molecule has 0 unspecified atom stereocenters. The third kappa shape index (κ3) is 1.92. The maximum absolute atomic E-state index is 5.59. The molecule has 0 saturated heterocycles. The molecule has 0 amide bonds. The molecule has 3 nitrogen and oxygen atoms in total. The summed E-state index contributed by atoms with van der Waals surface area (Å²) in [5.74, 6) is 1.76. The SMILES string of the molecule is ClCc1nc(-c2ccc(Br)s2)n[nH]1. The lowest BCUT2D eigenvalue weighted by molar-refractivity contribution is 1.02. The Hall–Kier alpha value is -0.390. The summed E-state index contributed by atoms with van der Waals surface area (Å²) in [7, 11) is 0. The largest absolute Gasteiger partial charge is 0.262 e. The van der Waals surface area contributed by atoms with E-state index in [4.69, 9.17) is 11.6 Å². The molecule has 0 aliphatic carbocycles. The van der Waals surface area contributed by atoms with Crippen LogP contribution in [0, 0.1) is 0 Å². The van der Waals surface area contributed by atoms with Gasteiger partial charge in [0.15, 0.2) is 5.82 Å². The molecule has 0 aromatic carbocycles. The fourth-order valence-corrected chi connectivity index (χ4v) is 2.34. The molecule has 0 radical (unpaired) electrons. The molecule has 0 bridgehead atoms. The Balaban J connectivity index is 2.35. The minimum absolute atomic E-state index is 0.361. The van der Waals surface area contributed by atoms with Gasteiger partial charge in [0.05, 0.1) is 14.5 Å². The molecule has 0 aliphatic heterocycles. The van der Waals surface area contributed by atoms with Crippen molar-refractivity contribution in [2.45, 2.75) is 5.88 Å². The first-order valence-corrected chi connectivity index (χ1v) is 5.67. The minimum Gasteiger partial charge on any atom is -0.262 e. The highest BCUT2D eigenvalue weighted by Crippen LogP contribution is 2.28. The van der Waals surface area contributed by atoms with Gasteiger partial charge in [-0.2, -0.15) is 5.10 Å². The van der Waals surface area contributed by atoms with Crippen LogP contribution in [0.5, 0.6) is 0 Å². The van der Waals surface area contributed by atoms with Crippen LogP contribution in [0.25, 0.3) is 10.7 Å². The van der Waals surface area contributed by atoms with Gasteiger partial charge in [0, 0.05) is 0 Å². The molecule has 0 saturated carbocycles. The van der Waals surface area contributed by atoms with E-state index < -0.39 is 0 Å². The molecule has 2 rings (SSSR count). The van der Waals surface area contributed by atoms with Gasteiger partial charge in [-0.15, -0.1) is 22.9 Å². The van der Waals surface area contributed by atoms with E-state index in [9.17, 15) is 0 Å². The van der Waals surface area contributed by atoms with Crippen LogP contribution in [0.1, 0.15) is 5.82 Å². The Morgan fingerprint density at radius 2 is 2.38 bits per heavy atom. The first-order valence-electron chi connectivity index (χ1n) is 3.52. The van der Waals surface area contributed by atoms with Crippen molar-refractivity contribution < 1.29 is 0 Å². The van der Waals surface area contributed by atoms with Gasteiger partial charge in [-0.05, 0) is 28.1 Å². The normalized spacial score (nSPS) is 10.6. The summed E-state index contributed by atoms with van der Waals surface area (Å²) in [6.45, 7) is 0. The first kappa shape index (κ1) is 9.18. The van der Waals surface area contributed by atoms with Gasteiger partial charge in [-0.1, -0.05) is 0 Å². The number of thiophene rings is 1. The van der Waals surface area contributed by atoms with Crippen molar-refractivity contribution in [3.63, 3.8) is 0 Å². The molecule has 2 heterocycles. The Labute approximate surface area is 92.3 Å². The van der Waals surface area contributed by atoms with Crippen LogP contribution in [0.15, 0.2) is 15.9 Å². The first-order chi connectivity index (χ1) is 6.29. The number of aromatic nitrogens is 3. The van der Waals surface area contributed by atoms with E-state index in [1.54, 1.807) is 11.3 Å². The van der Waals surface area contributed by atoms with Gasteiger partial charge in [0.1, 0.15) is 5.82 Å². The molecule has 0 spiro atoms. The highest BCUT2D eigenvalue weighted by molar-refractivity contribution is 9.11. The van der Waals surface area contributed by atoms with Crippen molar-refractivity contribution in [1.82, 2.24) is 15.2 Å². The van der Waals surface area contributed by atoms with Crippen LogP contribution < -0.4 is 0 Å². The number of nitrogens with one attached hydrogen (secondary N) is 1. The van der Waals surface area contributed by atoms with Crippen molar-refractivity contribution in [3.05, 3.63) is 21.7 Å². The van der Waals surface area contributed by atoms with Crippen molar-refractivity contribution in [1.29, 1.82) is 0 Å². The Morgan fingerprint density at radius 3 is 2.92 bits per heavy atom. The van der Waals surface area contributed by atoms with E-state index in [-0.39, 0.29) is 0 Å². The summed E-state index contributed by atoms with van der Waals surface area (Å²) < 4.78 is 1.07. The van der Waals surface area contributed by atoms with E-state index in [2.05, 4.69) is 31.1 Å². The summed E-state index contributed by atoms with van der Waals surface area (Å²) >= 11 is 10.6. The molecule has 68 valence electrons. The average molecular weight is 279 g/mol. The van der Waals surface area contributed by atoms with Crippen LogP contribution in [-0.2, 0) is 5.88 Å². The summed E-state index contributed by atoms with van der Waals surface area (Å²) in [5, 5.41) is 6.80. The summed E-state index contributed by atoms with van der Waals surface area (Å²) in [4.78, 5) is 5.23. The fraction of sp³-hybridized carbons (Fsp3) is 0.143.